The van der Waals surface area contributed by atoms with Gasteiger partial charge in [-0.3, -0.25) is 9.69 Å². The van der Waals surface area contributed by atoms with Gasteiger partial charge in [-0.2, -0.15) is 0 Å². The second-order valence-electron chi connectivity index (χ2n) is 4.53. The van der Waals surface area contributed by atoms with Crippen molar-refractivity contribution in [1.29, 1.82) is 0 Å². The molecule has 10 heteroatoms. The van der Waals surface area contributed by atoms with E-state index in [0.717, 1.165) is 4.90 Å². The van der Waals surface area contributed by atoms with Gasteiger partial charge in [-0.25, -0.2) is 23.2 Å². The van der Waals surface area contributed by atoms with Gasteiger partial charge in [0.25, 0.3) is 15.9 Å². The number of imide groups is 1. The van der Waals surface area contributed by atoms with Crippen molar-refractivity contribution in [3.63, 3.8) is 0 Å². The standard InChI is InChI=1S/C13H9ClN4O4S/c14-9-2-4-10(5-3-9)23(21,22)18-11(19)8-17(13(18)20)12-15-6-1-7-16-12/h1-7H,8H2. The first kappa shape index (κ1) is 15.4. The van der Waals surface area contributed by atoms with Crippen molar-refractivity contribution in [1.82, 2.24) is 14.3 Å². The molecule has 1 aromatic carbocycles. The molecule has 8 nitrogen and oxygen atoms in total. The third-order valence-corrected chi connectivity index (χ3v) is 5.03. The number of hydrogen-bond donors (Lipinski definition) is 0. The molecule has 1 saturated heterocycles. The monoisotopic (exact) mass is 352 g/mol. The molecule has 3 rings (SSSR count). The topological polar surface area (TPSA) is 101 Å². The average molecular weight is 353 g/mol. The number of halogens is 1. The Morgan fingerprint density at radius 1 is 1.04 bits per heavy atom. The van der Waals surface area contributed by atoms with Gasteiger partial charge in [0.1, 0.15) is 6.54 Å². The van der Waals surface area contributed by atoms with Crippen molar-refractivity contribution < 1.29 is 18.0 Å². The Hall–Kier alpha value is -2.52. The molecular formula is C13H9ClN4O4S. The van der Waals surface area contributed by atoms with Gasteiger partial charge in [0.2, 0.25) is 5.95 Å². The maximum atomic E-state index is 12.5. The molecular weight excluding hydrogens is 344 g/mol. The normalized spacial score (nSPS) is 15.3. The average Bonchev–Trinajstić information content (AvgIpc) is 2.84. The van der Waals surface area contributed by atoms with Gasteiger partial charge < -0.3 is 0 Å². The van der Waals surface area contributed by atoms with E-state index in [1.807, 2.05) is 0 Å². The summed E-state index contributed by atoms with van der Waals surface area (Å²) in [6, 6.07) is 5.68. The van der Waals surface area contributed by atoms with Crippen LogP contribution < -0.4 is 4.90 Å². The molecule has 0 N–H and O–H groups in total. The molecule has 1 aromatic heterocycles. The zero-order chi connectivity index (χ0) is 16.6. The van der Waals surface area contributed by atoms with Crippen LogP contribution in [0.25, 0.3) is 0 Å². The van der Waals surface area contributed by atoms with E-state index in [-0.39, 0.29) is 15.1 Å². The van der Waals surface area contributed by atoms with Gasteiger partial charge in [0, 0.05) is 17.4 Å². The summed E-state index contributed by atoms with van der Waals surface area (Å²) in [4.78, 5) is 32.8. The summed E-state index contributed by atoms with van der Waals surface area (Å²) in [5.41, 5.74) is 0. The van der Waals surface area contributed by atoms with E-state index in [1.165, 1.54) is 42.7 Å². The van der Waals surface area contributed by atoms with E-state index in [1.54, 1.807) is 0 Å². The number of urea groups is 1. The molecule has 3 amide bonds. The maximum Gasteiger partial charge on any atom is 0.348 e. The Kier molecular flexibility index (Phi) is 3.74. The molecule has 0 spiro atoms. The summed E-state index contributed by atoms with van der Waals surface area (Å²) in [7, 11) is -4.32. The minimum Gasteiger partial charge on any atom is -0.271 e. The Morgan fingerprint density at radius 3 is 2.26 bits per heavy atom. The molecule has 0 unspecified atom stereocenters. The summed E-state index contributed by atoms with van der Waals surface area (Å²) >= 11 is 5.71. The molecule has 23 heavy (non-hydrogen) atoms. The fourth-order valence-electron chi connectivity index (χ4n) is 2.02. The molecule has 2 aromatic rings. The number of carbonyl (C=O) groups excluding carboxylic acids is 2. The van der Waals surface area contributed by atoms with Crippen LogP contribution in [0.4, 0.5) is 10.7 Å². The highest BCUT2D eigenvalue weighted by molar-refractivity contribution is 7.90. The van der Waals surface area contributed by atoms with Gasteiger partial charge >= 0.3 is 6.03 Å². The Bertz CT molecular complexity index is 871. The minimum atomic E-state index is -4.32. The lowest BCUT2D eigenvalue weighted by Crippen LogP contribution is -2.38. The summed E-state index contributed by atoms with van der Waals surface area (Å²) in [5.74, 6) is -0.919. The summed E-state index contributed by atoms with van der Waals surface area (Å²) in [6.07, 6.45) is 2.77. The van der Waals surface area contributed by atoms with E-state index in [0.29, 0.717) is 5.02 Å². The fraction of sp³-hybridized carbons (Fsp3) is 0.0769. The molecule has 1 aliphatic rings. The molecule has 0 aliphatic carbocycles. The predicted molar refractivity (Wildman–Crippen MR) is 80.3 cm³/mol. The van der Waals surface area contributed by atoms with Crippen molar-refractivity contribution in [2.75, 3.05) is 11.4 Å². The number of amides is 3. The van der Waals surface area contributed by atoms with E-state index in [9.17, 15) is 18.0 Å². The minimum absolute atomic E-state index is 0.0420. The predicted octanol–water partition coefficient (Wildman–Crippen LogP) is 1.29. The number of nitrogens with zero attached hydrogens (tertiary/aromatic N) is 4. The SMILES string of the molecule is O=C1CN(c2ncccn2)C(=O)N1S(=O)(=O)c1ccc(Cl)cc1. The highest BCUT2D eigenvalue weighted by Gasteiger charge is 2.46. The second-order valence-corrected chi connectivity index (χ2v) is 6.76. The molecule has 0 radical (unpaired) electrons. The fourth-order valence-corrected chi connectivity index (χ4v) is 3.47. The highest BCUT2D eigenvalue weighted by atomic mass is 35.5. The first-order valence-corrected chi connectivity index (χ1v) is 8.15. The maximum absolute atomic E-state index is 12.5. The van der Waals surface area contributed by atoms with Crippen molar-refractivity contribution in [2.24, 2.45) is 0 Å². The second kappa shape index (κ2) is 5.60. The van der Waals surface area contributed by atoms with Gasteiger partial charge in [0.05, 0.1) is 4.90 Å². The van der Waals surface area contributed by atoms with Crippen LogP contribution in [0, 0.1) is 0 Å². The van der Waals surface area contributed by atoms with Gasteiger partial charge in [0.15, 0.2) is 0 Å². The van der Waals surface area contributed by atoms with E-state index in [2.05, 4.69) is 9.97 Å². The van der Waals surface area contributed by atoms with Gasteiger partial charge in [-0.1, -0.05) is 11.6 Å². The lowest BCUT2D eigenvalue weighted by molar-refractivity contribution is -0.121. The molecule has 2 heterocycles. The first-order chi connectivity index (χ1) is 10.9. The van der Waals surface area contributed by atoms with Gasteiger partial charge in [-0.05, 0) is 30.3 Å². The number of carbonyl (C=O) groups is 2. The Labute approximate surface area is 136 Å². The largest absolute Gasteiger partial charge is 0.348 e. The van der Waals surface area contributed by atoms with Crippen molar-refractivity contribution in [2.45, 2.75) is 4.90 Å². The van der Waals surface area contributed by atoms with Crippen LogP contribution in [0.3, 0.4) is 0 Å². The van der Waals surface area contributed by atoms with E-state index in [4.69, 9.17) is 11.6 Å². The third-order valence-electron chi connectivity index (χ3n) is 3.07. The number of rotatable bonds is 3. The quantitative estimate of drug-likeness (QED) is 0.771. The van der Waals surface area contributed by atoms with Crippen LogP contribution in [0.2, 0.25) is 5.02 Å². The third kappa shape index (κ3) is 2.64. The number of aromatic nitrogens is 2. The van der Waals surface area contributed by atoms with E-state index < -0.39 is 28.5 Å². The summed E-state index contributed by atoms with van der Waals surface area (Å²) in [5, 5.41) is 0.335. The molecule has 0 atom stereocenters. The zero-order valence-electron chi connectivity index (χ0n) is 11.5. The zero-order valence-corrected chi connectivity index (χ0v) is 13.0. The van der Waals surface area contributed by atoms with Crippen LogP contribution in [0.15, 0.2) is 47.6 Å². The van der Waals surface area contributed by atoms with Crippen molar-refractivity contribution in [3.8, 4) is 0 Å². The summed E-state index contributed by atoms with van der Waals surface area (Å²) in [6.45, 7) is -0.449. The Morgan fingerprint density at radius 2 is 1.65 bits per heavy atom. The van der Waals surface area contributed by atoms with Crippen LogP contribution in [0.5, 0.6) is 0 Å². The number of hydrogen-bond acceptors (Lipinski definition) is 6. The lowest BCUT2D eigenvalue weighted by atomic mass is 10.4. The molecule has 1 aliphatic heterocycles. The molecule has 118 valence electrons. The number of benzene rings is 1. The van der Waals surface area contributed by atoms with Crippen molar-refractivity contribution in [3.05, 3.63) is 47.7 Å². The van der Waals surface area contributed by atoms with Crippen LogP contribution in [-0.2, 0) is 14.8 Å². The van der Waals surface area contributed by atoms with Crippen molar-refractivity contribution >= 4 is 39.5 Å². The number of anilines is 1. The van der Waals surface area contributed by atoms with Crippen LogP contribution >= 0.6 is 11.6 Å². The summed E-state index contributed by atoms with van der Waals surface area (Å²) < 4.78 is 25.2. The van der Waals surface area contributed by atoms with Crippen LogP contribution in [-0.4, -0.2) is 41.2 Å². The van der Waals surface area contributed by atoms with Crippen LogP contribution in [0.1, 0.15) is 0 Å². The van der Waals surface area contributed by atoms with E-state index >= 15 is 0 Å². The smallest absolute Gasteiger partial charge is 0.271 e. The first-order valence-electron chi connectivity index (χ1n) is 6.33. The molecule has 1 fully saturated rings. The molecule has 0 bridgehead atoms. The highest BCUT2D eigenvalue weighted by Crippen LogP contribution is 2.25. The Balaban J connectivity index is 1.98. The number of sulfonamides is 1. The molecule has 0 saturated carbocycles. The lowest BCUT2D eigenvalue weighted by Gasteiger charge is -2.15. The van der Waals surface area contributed by atoms with Gasteiger partial charge in [-0.15, -0.1) is 4.31 Å².